The average molecular weight is 283 g/mol. The molecule has 21 heavy (non-hydrogen) atoms. The zero-order valence-corrected chi connectivity index (χ0v) is 11.6. The van der Waals surface area contributed by atoms with E-state index in [1.165, 1.54) is 0 Å². The molecule has 1 aliphatic rings. The second-order valence-corrected chi connectivity index (χ2v) is 5.07. The van der Waals surface area contributed by atoms with Crippen LogP contribution < -0.4 is 4.74 Å². The lowest BCUT2D eigenvalue weighted by molar-refractivity contribution is 0.107. The molecule has 108 valence electrons. The molecule has 0 aliphatic heterocycles. The number of rotatable bonds is 4. The number of aliphatic hydroxyl groups excluding tert-OH is 1. The normalized spacial score (nSPS) is 16.7. The summed E-state index contributed by atoms with van der Waals surface area (Å²) >= 11 is 0. The predicted octanol–water partition coefficient (Wildman–Crippen LogP) is 2.92. The molecule has 0 aromatic heterocycles. The molecule has 0 radical (unpaired) electrons. The van der Waals surface area contributed by atoms with Gasteiger partial charge in [0, 0.05) is 11.1 Å². The van der Waals surface area contributed by atoms with Crippen LogP contribution in [0.3, 0.4) is 0 Å². The van der Waals surface area contributed by atoms with Crippen molar-refractivity contribution in [3.63, 3.8) is 0 Å². The van der Waals surface area contributed by atoms with Crippen LogP contribution in [0.15, 0.2) is 53.7 Å². The van der Waals surface area contributed by atoms with Gasteiger partial charge in [0.25, 0.3) is 0 Å². The van der Waals surface area contributed by atoms with Gasteiger partial charge >= 0.3 is 0 Å². The molecule has 0 saturated heterocycles. The number of aliphatic hydroxyl groups is 1. The lowest BCUT2D eigenvalue weighted by Gasteiger charge is -2.14. The van der Waals surface area contributed by atoms with Crippen LogP contribution in [0, 0.1) is 0 Å². The summed E-state index contributed by atoms with van der Waals surface area (Å²) in [6.07, 6.45) is 0.856. The highest BCUT2D eigenvalue weighted by molar-refractivity contribution is 6.04. The van der Waals surface area contributed by atoms with E-state index in [4.69, 9.17) is 9.94 Å². The van der Waals surface area contributed by atoms with Gasteiger partial charge in [-0.05, 0) is 24.5 Å². The lowest BCUT2D eigenvalue weighted by atomic mass is 10.1. The van der Waals surface area contributed by atoms with Crippen LogP contribution in [0.5, 0.6) is 5.75 Å². The minimum Gasteiger partial charge on any atom is -0.490 e. The predicted molar refractivity (Wildman–Crippen MR) is 80.0 cm³/mol. The summed E-state index contributed by atoms with van der Waals surface area (Å²) in [4.78, 5) is 0. The van der Waals surface area contributed by atoms with Gasteiger partial charge in [0.1, 0.15) is 18.5 Å². The molecule has 2 aromatic carbocycles. The first-order chi connectivity index (χ1) is 10.3. The van der Waals surface area contributed by atoms with Gasteiger partial charge in [0.15, 0.2) is 0 Å². The number of benzene rings is 2. The third-order valence-electron chi connectivity index (χ3n) is 3.76. The lowest BCUT2D eigenvalue weighted by Crippen LogP contribution is -2.10. The first-order valence-corrected chi connectivity index (χ1v) is 6.98. The van der Waals surface area contributed by atoms with Crippen molar-refractivity contribution in [3.8, 4) is 5.75 Å². The van der Waals surface area contributed by atoms with Crippen molar-refractivity contribution < 1.29 is 15.1 Å². The maximum atomic E-state index is 10.1. The molecule has 4 nitrogen and oxygen atoms in total. The topological polar surface area (TPSA) is 62.1 Å². The van der Waals surface area contributed by atoms with Crippen LogP contribution in [0.1, 0.15) is 29.2 Å². The van der Waals surface area contributed by atoms with E-state index in [2.05, 4.69) is 5.16 Å². The zero-order chi connectivity index (χ0) is 14.7. The van der Waals surface area contributed by atoms with Gasteiger partial charge in [-0.3, -0.25) is 0 Å². The number of oxime groups is 1. The Labute approximate surface area is 123 Å². The van der Waals surface area contributed by atoms with E-state index in [1.54, 1.807) is 0 Å². The summed E-state index contributed by atoms with van der Waals surface area (Å²) in [5, 5.41) is 22.4. The number of nitrogens with zero attached hydrogens (tertiary/aromatic N) is 1. The second kappa shape index (κ2) is 5.97. The van der Waals surface area contributed by atoms with E-state index in [-0.39, 0.29) is 6.61 Å². The van der Waals surface area contributed by atoms with Gasteiger partial charge in [-0.1, -0.05) is 47.6 Å². The van der Waals surface area contributed by atoms with Crippen LogP contribution in [0.2, 0.25) is 0 Å². The van der Waals surface area contributed by atoms with Crippen molar-refractivity contribution in [1.82, 2.24) is 0 Å². The van der Waals surface area contributed by atoms with E-state index in [0.29, 0.717) is 12.1 Å². The minimum atomic E-state index is -0.658. The van der Waals surface area contributed by atoms with E-state index in [0.717, 1.165) is 28.9 Å². The Morgan fingerprint density at radius 3 is 2.62 bits per heavy atom. The molecular formula is C17H17NO3. The largest absolute Gasteiger partial charge is 0.490 e. The van der Waals surface area contributed by atoms with Gasteiger partial charge < -0.3 is 15.1 Å². The highest BCUT2D eigenvalue weighted by Crippen LogP contribution is 2.31. The van der Waals surface area contributed by atoms with Gasteiger partial charge in [0.05, 0.1) is 5.71 Å². The van der Waals surface area contributed by atoms with Crippen molar-refractivity contribution in [3.05, 3.63) is 65.2 Å². The molecule has 0 fully saturated rings. The summed E-state index contributed by atoms with van der Waals surface area (Å²) < 4.78 is 5.77. The second-order valence-electron chi connectivity index (χ2n) is 5.07. The Kier molecular flexibility index (Phi) is 3.88. The molecule has 2 aromatic rings. The van der Waals surface area contributed by atoms with Crippen LogP contribution in [0.25, 0.3) is 0 Å². The van der Waals surface area contributed by atoms with E-state index in [1.807, 2.05) is 48.5 Å². The SMILES string of the molecule is ON=C1CCc2c(OCC(O)c3ccccc3)cccc21. The average Bonchev–Trinajstić information content (AvgIpc) is 2.97. The van der Waals surface area contributed by atoms with Gasteiger partial charge in [-0.15, -0.1) is 0 Å². The van der Waals surface area contributed by atoms with Crippen molar-refractivity contribution in [2.45, 2.75) is 18.9 Å². The fourth-order valence-corrected chi connectivity index (χ4v) is 2.65. The summed E-state index contributed by atoms with van der Waals surface area (Å²) in [7, 11) is 0. The van der Waals surface area contributed by atoms with E-state index < -0.39 is 6.10 Å². The molecule has 0 bridgehead atoms. The third-order valence-corrected chi connectivity index (χ3v) is 3.76. The molecule has 1 aliphatic carbocycles. The highest BCUT2D eigenvalue weighted by atomic mass is 16.5. The fraction of sp³-hybridized carbons (Fsp3) is 0.235. The summed E-state index contributed by atoms with van der Waals surface area (Å²) in [5.41, 5.74) is 3.51. The Morgan fingerprint density at radius 2 is 1.86 bits per heavy atom. The summed E-state index contributed by atoms with van der Waals surface area (Å²) in [6.45, 7) is 0.200. The summed E-state index contributed by atoms with van der Waals surface area (Å²) in [5.74, 6) is 0.751. The standard InChI is InChI=1S/C17H17NO3/c19-16(12-5-2-1-3-6-12)11-21-17-8-4-7-13-14(17)9-10-15(13)18-20/h1-8,16,19-20H,9-11H2. The molecule has 1 atom stereocenters. The van der Waals surface area contributed by atoms with E-state index >= 15 is 0 Å². The van der Waals surface area contributed by atoms with Crippen LogP contribution in [-0.2, 0) is 6.42 Å². The summed E-state index contributed by atoms with van der Waals surface area (Å²) in [6, 6.07) is 15.1. The van der Waals surface area contributed by atoms with Crippen molar-refractivity contribution in [2.24, 2.45) is 5.16 Å². The highest BCUT2D eigenvalue weighted by Gasteiger charge is 2.22. The molecule has 4 heteroatoms. The Bertz CT molecular complexity index is 652. The Hall–Kier alpha value is -2.33. The molecule has 0 saturated carbocycles. The maximum Gasteiger partial charge on any atom is 0.123 e. The van der Waals surface area contributed by atoms with E-state index in [9.17, 15) is 5.11 Å². The fourth-order valence-electron chi connectivity index (χ4n) is 2.65. The quantitative estimate of drug-likeness (QED) is 0.670. The first kappa shape index (κ1) is 13.6. The molecule has 0 heterocycles. The van der Waals surface area contributed by atoms with Gasteiger partial charge in [0.2, 0.25) is 0 Å². The van der Waals surface area contributed by atoms with Gasteiger partial charge in [-0.2, -0.15) is 0 Å². The minimum absolute atomic E-state index is 0.200. The van der Waals surface area contributed by atoms with Crippen molar-refractivity contribution in [2.75, 3.05) is 6.61 Å². The molecule has 0 amide bonds. The number of hydrogen-bond donors (Lipinski definition) is 2. The monoisotopic (exact) mass is 283 g/mol. The number of fused-ring (bicyclic) bond motifs is 1. The number of ether oxygens (including phenoxy) is 1. The molecule has 0 spiro atoms. The van der Waals surface area contributed by atoms with Crippen LogP contribution >= 0.6 is 0 Å². The first-order valence-electron chi connectivity index (χ1n) is 6.98. The Morgan fingerprint density at radius 1 is 1.05 bits per heavy atom. The van der Waals surface area contributed by atoms with Gasteiger partial charge in [-0.25, -0.2) is 0 Å². The molecule has 3 rings (SSSR count). The van der Waals surface area contributed by atoms with Crippen LogP contribution in [-0.4, -0.2) is 22.6 Å². The smallest absolute Gasteiger partial charge is 0.123 e. The maximum absolute atomic E-state index is 10.1. The van der Waals surface area contributed by atoms with Crippen molar-refractivity contribution in [1.29, 1.82) is 0 Å². The van der Waals surface area contributed by atoms with Crippen LogP contribution in [0.4, 0.5) is 0 Å². The molecule has 2 N–H and O–H groups in total. The zero-order valence-electron chi connectivity index (χ0n) is 11.6. The molecule has 1 unspecified atom stereocenters. The molecular weight excluding hydrogens is 266 g/mol. The number of hydrogen-bond acceptors (Lipinski definition) is 4. The Balaban J connectivity index is 1.74. The van der Waals surface area contributed by atoms with Crippen molar-refractivity contribution >= 4 is 5.71 Å². The third kappa shape index (κ3) is 2.76.